The molecule has 1 aliphatic rings. The summed E-state index contributed by atoms with van der Waals surface area (Å²) in [5.74, 6) is -1.97. The van der Waals surface area contributed by atoms with Crippen LogP contribution in [0.5, 0.6) is 0 Å². The molecule has 3 amide bonds. The van der Waals surface area contributed by atoms with Crippen molar-refractivity contribution in [2.75, 3.05) is 13.1 Å². The first-order valence-electron chi connectivity index (χ1n) is 12.3. The average Bonchev–Trinajstić information content (AvgIpc) is 3.11. The van der Waals surface area contributed by atoms with E-state index >= 15 is 0 Å². The zero-order chi connectivity index (χ0) is 28.2. The van der Waals surface area contributed by atoms with Gasteiger partial charge in [0.15, 0.2) is 0 Å². The van der Waals surface area contributed by atoms with Crippen LogP contribution in [0.15, 0.2) is 77.7 Å². The van der Waals surface area contributed by atoms with Crippen molar-refractivity contribution >= 4 is 50.9 Å². The predicted molar refractivity (Wildman–Crippen MR) is 149 cm³/mol. The van der Waals surface area contributed by atoms with Gasteiger partial charge in [0.1, 0.15) is 17.5 Å². The maximum Gasteiger partial charge on any atom is 0.269 e. The van der Waals surface area contributed by atoms with E-state index in [-0.39, 0.29) is 33.5 Å². The SMILES string of the molecule is CCCNC(=O)[C@H](Cc1ccccc1)N(Cc1c(Cl)cccc1Cl)C(=O)CN1C(=O)c2ccccc2S1(=O)=O. The number of benzene rings is 3. The van der Waals surface area contributed by atoms with Gasteiger partial charge in [0.05, 0.1) is 5.56 Å². The average molecular weight is 589 g/mol. The molecule has 1 heterocycles. The smallest absolute Gasteiger partial charge is 0.269 e. The highest BCUT2D eigenvalue weighted by Crippen LogP contribution is 2.31. The normalized spacial score (nSPS) is 14.5. The van der Waals surface area contributed by atoms with Crippen LogP contribution in [-0.4, -0.2) is 54.5 Å². The third kappa shape index (κ3) is 6.11. The Morgan fingerprint density at radius 2 is 1.59 bits per heavy atom. The van der Waals surface area contributed by atoms with E-state index in [2.05, 4.69) is 5.32 Å². The lowest BCUT2D eigenvalue weighted by atomic mass is 10.0. The highest BCUT2D eigenvalue weighted by Gasteiger charge is 2.43. The number of carbonyl (C=O) groups is 3. The first-order valence-corrected chi connectivity index (χ1v) is 14.5. The van der Waals surface area contributed by atoms with Crippen LogP contribution < -0.4 is 5.32 Å². The van der Waals surface area contributed by atoms with Crippen molar-refractivity contribution in [1.29, 1.82) is 0 Å². The van der Waals surface area contributed by atoms with Crippen LogP contribution in [0.25, 0.3) is 0 Å². The molecule has 0 aliphatic carbocycles. The van der Waals surface area contributed by atoms with E-state index < -0.39 is 40.3 Å². The van der Waals surface area contributed by atoms with Crippen LogP contribution in [0, 0.1) is 0 Å². The van der Waals surface area contributed by atoms with E-state index in [0.29, 0.717) is 22.8 Å². The van der Waals surface area contributed by atoms with Crippen LogP contribution in [0.4, 0.5) is 0 Å². The summed E-state index contributed by atoms with van der Waals surface area (Å²) in [5.41, 5.74) is 1.18. The third-order valence-electron chi connectivity index (χ3n) is 6.40. The van der Waals surface area contributed by atoms with Gasteiger partial charge in [-0.15, -0.1) is 0 Å². The van der Waals surface area contributed by atoms with Crippen LogP contribution >= 0.6 is 23.2 Å². The summed E-state index contributed by atoms with van der Waals surface area (Å²) in [4.78, 5) is 41.5. The van der Waals surface area contributed by atoms with Gasteiger partial charge >= 0.3 is 0 Å². The van der Waals surface area contributed by atoms with Crippen LogP contribution in [-0.2, 0) is 32.6 Å². The molecule has 3 aromatic rings. The monoisotopic (exact) mass is 587 g/mol. The molecule has 11 heteroatoms. The highest BCUT2D eigenvalue weighted by atomic mass is 35.5. The predicted octanol–water partition coefficient (Wildman–Crippen LogP) is 4.30. The van der Waals surface area contributed by atoms with E-state index in [1.54, 1.807) is 24.3 Å². The van der Waals surface area contributed by atoms with Gasteiger partial charge in [-0.25, -0.2) is 12.7 Å². The van der Waals surface area contributed by atoms with Crippen molar-refractivity contribution in [3.05, 3.63) is 99.5 Å². The molecule has 0 fully saturated rings. The molecule has 4 rings (SSSR count). The van der Waals surface area contributed by atoms with Gasteiger partial charge in [0.2, 0.25) is 11.8 Å². The molecule has 0 bridgehead atoms. The van der Waals surface area contributed by atoms with Gasteiger partial charge in [-0.1, -0.05) is 78.7 Å². The fourth-order valence-electron chi connectivity index (χ4n) is 4.37. The third-order valence-corrected chi connectivity index (χ3v) is 8.90. The summed E-state index contributed by atoms with van der Waals surface area (Å²) in [6, 6.07) is 18.8. The fraction of sp³-hybridized carbons (Fsp3) is 0.250. The molecule has 0 spiro atoms. The molecule has 8 nitrogen and oxygen atoms in total. The van der Waals surface area contributed by atoms with Crippen LogP contribution in [0.1, 0.15) is 34.8 Å². The van der Waals surface area contributed by atoms with E-state index in [1.165, 1.54) is 23.1 Å². The Morgan fingerprint density at radius 3 is 2.23 bits per heavy atom. The summed E-state index contributed by atoms with van der Waals surface area (Å²) in [5, 5.41) is 3.40. The molecule has 1 aliphatic heterocycles. The minimum atomic E-state index is -4.25. The first kappa shape index (κ1) is 28.6. The zero-order valence-electron chi connectivity index (χ0n) is 21.1. The van der Waals surface area contributed by atoms with Crippen molar-refractivity contribution < 1.29 is 22.8 Å². The second-order valence-corrected chi connectivity index (χ2v) is 11.7. The number of halogens is 2. The second-order valence-electron chi connectivity index (χ2n) is 9.03. The van der Waals surface area contributed by atoms with Crippen molar-refractivity contribution in [2.45, 2.75) is 37.2 Å². The van der Waals surface area contributed by atoms with E-state index in [1.807, 2.05) is 37.3 Å². The molecule has 0 radical (unpaired) electrons. The summed E-state index contributed by atoms with van der Waals surface area (Å²) < 4.78 is 26.9. The molecule has 204 valence electrons. The number of fused-ring (bicyclic) bond motifs is 1. The van der Waals surface area contributed by atoms with Crippen molar-refractivity contribution in [3.63, 3.8) is 0 Å². The van der Waals surface area contributed by atoms with Gasteiger partial charge in [-0.3, -0.25) is 14.4 Å². The maximum absolute atomic E-state index is 13.9. The standard InChI is InChI=1S/C28H27Cl2N3O5S/c1-2-15-31-27(35)24(16-19-9-4-3-5-10-19)32(17-21-22(29)12-8-13-23(21)30)26(34)18-33-28(36)20-11-6-7-14-25(20)39(33,37)38/h3-14,24H,2,15-18H2,1H3,(H,31,35)/t24-/m0/s1. The fourth-order valence-corrected chi connectivity index (χ4v) is 6.41. The lowest BCUT2D eigenvalue weighted by Gasteiger charge is -2.33. The maximum atomic E-state index is 13.9. The zero-order valence-corrected chi connectivity index (χ0v) is 23.5. The molecule has 39 heavy (non-hydrogen) atoms. The van der Waals surface area contributed by atoms with E-state index in [9.17, 15) is 22.8 Å². The van der Waals surface area contributed by atoms with E-state index in [0.717, 1.165) is 5.56 Å². The first-order chi connectivity index (χ1) is 18.6. The summed E-state index contributed by atoms with van der Waals surface area (Å²) in [6.45, 7) is 1.32. The number of hydrogen-bond donors (Lipinski definition) is 1. The van der Waals surface area contributed by atoms with Gasteiger partial charge in [-0.05, 0) is 36.2 Å². The lowest BCUT2D eigenvalue weighted by molar-refractivity contribution is -0.141. The molecular formula is C28H27Cl2N3O5S. The summed E-state index contributed by atoms with van der Waals surface area (Å²) >= 11 is 12.8. The van der Waals surface area contributed by atoms with Crippen molar-refractivity contribution in [2.24, 2.45) is 0 Å². The largest absolute Gasteiger partial charge is 0.354 e. The Hall–Kier alpha value is -3.40. The minimum Gasteiger partial charge on any atom is -0.354 e. The Balaban J connectivity index is 1.74. The Kier molecular flexibility index (Phi) is 8.94. The number of nitrogens with one attached hydrogen (secondary N) is 1. The molecule has 1 atom stereocenters. The molecule has 0 unspecified atom stereocenters. The summed E-state index contributed by atoms with van der Waals surface area (Å²) in [6.07, 6.45) is 0.817. The van der Waals surface area contributed by atoms with Crippen LogP contribution in [0.3, 0.4) is 0 Å². The summed E-state index contributed by atoms with van der Waals surface area (Å²) in [7, 11) is -4.25. The van der Waals surface area contributed by atoms with E-state index in [4.69, 9.17) is 23.2 Å². The quantitative estimate of drug-likeness (QED) is 0.381. The molecule has 1 N–H and O–H groups in total. The number of sulfonamides is 1. The van der Waals surface area contributed by atoms with Gasteiger partial charge < -0.3 is 10.2 Å². The second kappa shape index (κ2) is 12.2. The number of nitrogens with zero attached hydrogens (tertiary/aromatic N) is 2. The number of amides is 3. The van der Waals surface area contributed by atoms with Gasteiger partial charge in [-0.2, -0.15) is 0 Å². The molecular weight excluding hydrogens is 561 g/mol. The Labute approximate surface area is 237 Å². The molecule has 0 saturated carbocycles. The van der Waals surface area contributed by atoms with Gasteiger partial charge in [0.25, 0.3) is 15.9 Å². The lowest BCUT2D eigenvalue weighted by Crippen LogP contribution is -2.53. The number of rotatable bonds is 10. The highest BCUT2D eigenvalue weighted by molar-refractivity contribution is 7.90. The minimum absolute atomic E-state index is 0.00692. The topological polar surface area (TPSA) is 104 Å². The van der Waals surface area contributed by atoms with Crippen molar-refractivity contribution in [3.8, 4) is 0 Å². The van der Waals surface area contributed by atoms with Crippen LogP contribution in [0.2, 0.25) is 10.0 Å². The number of carbonyl (C=O) groups excluding carboxylic acids is 3. The molecule has 0 aromatic heterocycles. The molecule has 0 saturated heterocycles. The number of hydrogen-bond acceptors (Lipinski definition) is 5. The Bertz CT molecular complexity index is 1480. The Morgan fingerprint density at radius 1 is 0.949 bits per heavy atom. The molecule has 3 aromatic carbocycles. The van der Waals surface area contributed by atoms with Gasteiger partial charge in [0, 0.05) is 35.1 Å². The van der Waals surface area contributed by atoms with Crippen molar-refractivity contribution in [1.82, 2.24) is 14.5 Å².